The van der Waals surface area contributed by atoms with E-state index in [0.29, 0.717) is 0 Å². The monoisotopic (exact) mass is 274 g/mol. The number of thiophene rings is 1. The molecule has 0 N–H and O–H groups in total. The summed E-state index contributed by atoms with van der Waals surface area (Å²) in [5, 5.41) is 4.00. The van der Waals surface area contributed by atoms with Gasteiger partial charge in [0, 0.05) is 19.9 Å². The third-order valence-corrected chi connectivity index (χ3v) is 4.23. The standard InChI is InChI=1S/C10H8BrClS/c1-2-6-3-4-7(11)9-8(12)5-13-10(6)9/h3-5H,2H2,1H3. The smallest absolute Gasteiger partial charge is 0.0603 e. The van der Waals surface area contributed by atoms with Gasteiger partial charge in [-0.05, 0) is 18.1 Å². The van der Waals surface area contributed by atoms with E-state index in [9.17, 15) is 0 Å². The summed E-state index contributed by atoms with van der Waals surface area (Å²) in [7, 11) is 0. The van der Waals surface area contributed by atoms with Crippen LogP contribution in [-0.4, -0.2) is 0 Å². The molecule has 0 amide bonds. The van der Waals surface area contributed by atoms with Crippen molar-refractivity contribution >= 4 is 49.0 Å². The zero-order valence-corrected chi connectivity index (χ0v) is 10.3. The first kappa shape index (κ1) is 9.50. The van der Waals surface area contributed by atoms with Crippen molar-refractivity contribution in [2.75, 3.05) is 0 Å². The third kappa shape index (κ3) is 1.51. The van der Waals surface area contributed by atoms with E-state index in [1.54, 1.807) is 11.3 Å². The van der Waals surface area contributed by atoms with Gasteiger partial charge in [-0.3, -0.25) is 0 Å². The van der Waals surface area contributed by atoms with Crippen molar-refractivity contribution in [1.29, 1.82) is 0 Å². The first-order valence-electron chi connectivity index (χ1n) is 4.08. The van der Waals surface area contributed by atoms with Crippen LogP contribution in [0.1, 0.15) is 12.5 Å². The summed E-state index contributed by atoms with van der Waals surface area (Å²) in [4.78, 5) is 0. The van der Waals surface area contributed by atoms with Crippen molar-refractivity contribution in [3.8, 4) is 0 Å². The summed E-state index contributed by atoms with van der Waals surface area (Å²) in [5.74, 6) is 0. The normalized spacial score (nSPS) is 11.0. The molecule has 0 aliphatic rings. The quantitative estimate of drug-likeness (QED) is 0.696. The van der Waals surface area contributed by atoms with Crippen molar-refractivity contribution < 1.29 is 0 Å². The van der Waals surface area contributed by atoms with Gasteiger partial charge >= 0.3 is 0 Å². The molecular weight excluding hydrogens is 268 g/mol. The molecule has 0 nitrogen and oxygen atoms in total. The minimum Gasteiger partial charge on any atom is -0.142 e. The molecule has 68 valence electrons. The van der Waals surface area contributed by atoms with E-state index in [0.717, 1.165) is 21.3 Å². The molecule has 0 aliphatic carbocycles. The lowest BCUT2D eigenvalue weighted by Gasteiger charge is -2.00. The zero-order valence-electron chi connectivity index (χ0n) is 7.10. The lowest BCUT2D eigenvalue weighted by molar-refractivity contribution is 1.16. The number of halogens is 2. The van der Waals surface area contributed by atoms with Crippen LogP contribution in [-0.2, 0) is 6.42 Å². The Kier molecular flexibility index (Phi) is 2.63. The van der Waals surface area contributed by atoms with E-state index in [-0.39, 0.29) is 0 Å². The maximum absolute atomic E-state index is 6.09. The van der Waals surface area contributed by atoms with Crippen LogP contribution in [0.4, 0.5) is 0 Å². The molecule has 1 aromatic carbocycles. The van der Waals surface area contributed by atoms with E-state index in [1.807, 2.05) is 5.38 Å². The van der Waals surface area contributed by atoms with Gasteiger partial charge in [-0.1, -0.05) is 40.5 Å². The van der Waals surface area contributed by atoms with Crippen LogP contribution in [0.2, 0.25) is 5.02 Å². The molecule has 0 fully saturated rings. The third-order valence-electron chi connectivity index (χ3n) is 2.09. The second kappa shape index (κ2) is 3.60. The minimum absolute atomic E-state index is 0.849. The molecule has 0 unspecified atom stereocenters. The highest BCUT2D eigenvalue weighted by Gasteiger charge is 2.08. The minimum atomic E-state index is 0.849. The molecule has 13 heavy (non-hydrogen) atoms. The predicted octanol–water partition coefficient (Wildman–Crippen LogP) is 4.88. The molecule has 0 atom stereocenters. The maximum Gasteiger partial charge on any atom is 0.0603 e. The summed E-state index contributed by atoms with van der Waals surface area (Å²) in [5.41, 5.74) is 1.37. The highest BCUT2D eigenvalue weighted by atomic mass is 79.9. The fourth-order valence-electron chi connectivity index (χ4n) is 1.41. The van der Waals surface area contributed by atoms with Gasteiger partial charge in [0.05, 0.1) is 5.02 Å². The number of fused-ring (bicyclic) bond motifs is 1. The largest absolute Gasteiger partial charge is 0.142 e. The Hall–Kier alpha value is -0.0500. The summed E-state index contributed by atoms with van der Waals surface area (Å²) in [6.45, 7) is 2.16. The van der Waals surface area contributed by atoms with Gasteiger partial charge in [-0.25, -0.2) is 0 Å². The van der Waals surface area contributed by atoms with Gasteiger partial charge in [0.15, 0.2) is 0 Å². The Labute approximate surface area is 94.7 Å². The summed E-state index contributed by atoms with van der Waals surface area (Å²) in [6.07, 6.45) is 1.06. The van der Waals surface area contributed by atoms with E-state index >= 15 is 0 Å². The molecule has 1 heterocycles. The number of aryl methyl sites for hydroxylation is 1. The SMILES string of the molecule is CCc1ccc(Br)c2c(Cl)csc12. The second-order valence-electron chi connectivity index (χ2n) is 2.85. The second-order valence-corrected chi connectivity index (χ2v) is 4.99. The van der Waals surface area contributed by atoms with Gasteiger partial charge in [0.2, 0.25) is 0 Å². The van der Waals surface area contributed by atoms with Crippen molar-refractivity contribution in [2.24, 2.45) is 0 Å². The fraction of sp³-hybridized carbons (Fsp3) is 0.200. The topological polar surface area (TPSA) is 0 Å². The molecule has 0 aliphatic heterocycles. The maximum atomic E-state index is 6.09. The Morgan fingerprint density at radius 3 is 2.92 bits per heavy atom. The van der Waals surface area contributed by atoms with E-state index in [4.69, 9.17) is 11.6 Å². The molecule has 0 saturated carbocycles. The summed E-state index contributed by atoms with van der Waals surface area (Å²) in [6, 6.07) is 4.22. The molecule has 0 spiro atoms. The van der Waals surface area contributed by atoms with Crippen LogP contribution in [0, 0.1) is 0 Å². The zero-order chi connectivity index (χ0) is 9.42. The first-order chi connectivity index (χ1) is 6.24. The van der Waals surface area contributed by atoms with Gasteiger partial charge in [-0.2, -0.15) is 0 Å². The molecule has 0 saturated heterocycles. The number of rotatable bonds is 1. The Morgan fingerprint density at radius 2 is 2.23 bits per heavy atom. The summed E-state index contributed by atoms with van der Waals surface area (Å²) < 4.78 is 2.40. The lowest BCUT2D eigenvalue weighted by Crippen LogP contribution is -1.79. The average molecular weight is 276 g/mol. The van der Waals surface area contributed by atoms with Crippen molar-refractivity contribution in [1.82, 2.24) is 0 Å². The predicted molar refractivity (Wildman–Crippen MR) is 63.9 cm³/mol. The molecule has 3 heteroatoms. The van der Waals surface area contributed by atoms with Crippen molar-refractivity contribution in [2.45, 2.75) is 13.3 Å². The molecular formula is C10H8BrClS. The molecule has 0 radical (unpaired) electrons. The fourth-order valence-corrected chi connectivity index (χ4v) is 3.62. The van der Waals surface area contributed by atoms with Crippen LogP contribution in [0.5, 0.6) is 0 Å². The van der Waals surface area contributed by atoms with Gasteiger partial charge in [-0.15, -0.1) is 11.3 Å². The number of hydrogen-bond donors (Lipinski definition) is 0. The highest BCUT2D eigenvalue weighted by molar-refractivity contribution is 9.10. The first-order valence-corrected chi connectivity index (χ1v) is 6.13. The van der Waals surface area contributed by atoms with E-state index in [2.05, 4.69) is 35.0 Å². The molecule has 2 aromatic rings. The van der Waals surface area contributed by atoms with Crippen LogP contribution in [0.3, 0.4) is 0 Å². The molecule has 0 bridgehead atoms. The highest BCUT2D eigenvalue weighted by Crippen LogP contribution is 2.37. The molecule has 1 aromatic heterocycles. The van der Waals surface area contributed by atoms with Gasteiger partial charge < -0.3 is 0 Å². The number of benzene rings is 1. The van der Waals surface area contributed by atoms with E-state index < -0.39 is 0 Å². The van der Waals surface area contributed by atoms with Crippen LogP contribution >= 0.6 is 38.9 Å². The van der Waals surface area contributed by atoms with E-state index in [1.165, 1.54) is 10.3 Å². The lowest BCUT2D eigenvalue weighted by atomic mass is 10.1. The van der Waals surface area contributed by atoms with Gasteiger partial charge in [0.25, 0.3) is 0 Å². The van der Waals surface area contributed by atoms with Crippen molar-refractivity contribution in [3.63, 3.8) is 0 Å². The van der Waals surface area contributed by atoms with Gasteiger partial charge in [0.1, 0.15) is 0 Å². The average Bonchev–Trinajstić information content (AvgIpc) is 2.50. The van der Waals surface area contributed by atoms with Crippen LogP contribution in [0.15, 0.2) is 22.0 Å². The Balaban J connectivity index is 2.87. The Bertz CT molecular complexity index is 447. The summed E-state index contributed by atoms with van der Waals surface area (Å²) >= 11 is 11.3. The molecule has 2 rings (SSSR count). The van der Waals surface area contributed by atoms with Crippen molar-refractivity contribution in [3.05, 3.63) is 32.6 Å². The Morgan fingerprint density at radius 1 is 1.46 bits per heavy atom. The van der Waals surface area contributed by atoms with Crippen LogP contribution < -0.4 is 0 Å². The number of hydrogen-bond acceptors (Lipinski definition) is 1. The van der Waals surface area contributed by atoms with Crippen LogP contribution in [0.25, 0.3) is 10.1 Å².